The Hall–Kier alpha value is -1.14. The van der Waals surface area contributed by atoms with Gasteiger partial charge in [0.25, 0.3) is 0 Å². The first-order valence-electron chi connectivity index (χ1n) is 6.15. The lowest BCUT2D eigenvalue weighted by atomic mass is 10.2. The molecule has 21 heavy (non-hydrogen) atoms. The molecule has 0 aliphatic rings. The molecule has 0 amide bonds. The zero-order valence-corrected chi connectivity index (χ0v) is 13.7. The lowest BCUT2D eigenvalue weighted by Crippen LogP contribution is -2.26. The van der Waals surface area contributed by atoms with E-state index in [1.54, 1.807) is 24.5 Å². The molecular weight excluding hydrogens is 331 g/mol. The summed E-state index contributed by atoms with van der Waals surface area (Å²) in [6.45, 7) is 0.241. The minimum Gasteiger partial charge on any atom is -0.264 e. The van der Waals surface area contributed by atoms with Gasteiger partial charge in [-0.15, -0.1) is 11.6 Å². The van der Waals surface area contributed by atoms with E-state index in [-0.39, 0.29) is 17.3 Å². The SMILES string of the molecule is CN(Cc1cccnc1)S(=O)(=O)c1ccc(CCl)c(Cl)c1. The first kappa shape index (κ1) is 16.2. The molecule has 0 aliphatic carbocycles. The standard InChI is InChI=1S/C14H14Cl2N2O2S/c1-18(10-11-3-2-6-17-9-11)21(19,20)13-5-4-12(8-15)14(16)7-13/h2-7,9H,8,10H2,1H3. The highest BCUT2D eigenvalue weighted by Gasteiger charge is 2.21. The summed E-state index contributed by atoms with van der Waals surface area (Å²) in [6, 6.07) is 8.15. The molecule has 0 spiro atoms. The highest BCUT2D eigenvalue weighted by molar-refractivity contribution is 7.89. The van der Waals surface area contributed by atoms with Gasteiger partial charge in [-0.25, -0.2) is 8.42 Å². The van der Waals surface area contributed by atoms with Crippen LogP contribution in [0.3, 0.4) is 0 Å². The van der Waals surface area contributed by atoms with Gasteiger partial charge in [0.1, 0.15) is 0 Å². The van der Waals surface area contributed by atoms with Crippen molar-refractivity contribution in [1.29, 1.82) is 0 Å². The Morgan fingerprint density at radius 2 is 2.05 bits per heavy atom. The lowest BCUT2D eigenvalue weighted by molar-refractivity contribution is 0.466. The van der Waals surface area contributed by atoms with Gasteiger partial charge in [0, 0.05) is 36.9 Å². The zero-order valence-electron chi connectivity index (χ0n) is 11.3. The number of nitrogens with zero attached hydrogens (tertiary/aromatic N) is 2. The molecule has 112 valence electrons. The second-order valence-corrected chi connectivity index (χ2v) is 7.23. The van der Waals surface area contributed by atoms with Crippen molar-refractivity contribution < 1.29 is 8.42 Å². The summed E-state index contributed by atoms with van der Waals surface area (Å²) >= 11 is 11.7. The maximum absolute atomic E-state index is 12.5. The van der Waals surface area contributed by atoms with Crippen molar-refractivity contribution in [3.63, 3.8) is 0 Å². The molecule has 2 aromatic rings. The van der Waals surface area contributed by atoms with Crippen LogP contribution in [0.1, 0.15) is 11.1 Å². The molecule has 0 atom stereocenters. The Morgan fingerprint density at radius 3 is 2.62 bits per heavy atom. The van der Waals surface area contributed by atoms with E-state index in [2.05, 4.69) is 4.98 Å². The molecule has 1 heterocycles. The minimum absolute atomic E-state index is 0.146. The Balaban J connectivity index is 2.27. The summed E-state index contributed by atoms with van der Waals surface area (Å²) in [5.74, 6) is 0.241. The van der Waals surface area contributed by atoms with Gasteiger partial charge < -0.3 is 0 Å². The van der Waals surface area contributed by atoms with Crippen molar-refractivity contribution in [1.82, 2.24) is 9.29 Å². The fraction of sp³-hybridized carbons (Fsp3) is 0.214. The van der Waals surface area contributed by atoms with E-state index in [9.17, 15) is 8.42 Å². The zero-order chi connectivity index (χ0) is 15.5. The number of rotatable bonds is 5. The van der Waals surface area contributed by atoms with Gasteiger partial charge in [-0.2, -0.15) is 4.31 Å². The second kappa shape index (κ2) is 6.75. The molecule has 0 bridgehead atoms. The quantitative estimate of drug-likeness (QED) is 0.782. The molecule has 1 aromatic heterocycles. The first-order valence-corrected chi connectivity index (χ1v) is 8.50. The van der Waals surface area contributed by atoms with Crippen molar-refractivity contribution in [2.75, 3.05) is 7.05 Å². The molecular formula is C14H14Cl2N2O2S. The van der Waals surface area contributed by atoms with Gasteiger partial charge in [-0.05, 0) is 29.3 Å². The van der Waals surface area contributed by atoms with E-state index in [0.29, 0.717) is 10.6 Å². The monoisotopic (exact) mass is 344 g/mol. The summed E-state index contributed by atoms with van der Waals surface area (Å²) in [6.07, 6.45) is 3.28. The summed E-state index contributed by atoms with van der Waals surface area (Å²) in [4.78, 5) is 4.12. The van der Waals surface area contributed by atoms with Crippen LogP contribution in [0, 0.1) is 0 Å². The largest absolute Gasteiger partial charge is 0.264 e. The van der Waals surface area contributed by atoms with Gasteiger partial charge in [0.05, 0.1) is 4.90 Å². The number of hydrogen-bond acceptors (Lipinski definition) is 3. The average Bonchev–Trinajstić information content (AvgIpc) is 2.48. The number of alkyl halides is 1. The van der Waals surface area contributed by atoms with Crippen molar-refractivity contribution in [3.05, 3.63) is 58.9 Å². The maximum atomic E-state index is 12.5. The van der Waals surface area contributed by atoms with E-state index >= 15 is 0 Å². The topological polar surface area (TPSA) is 50.3 Å². The number of hydrogen-bond donors (Lipinski definition) is 0. The van der Waals surface area contributed by atoms with Crippen molar-refractivity contribution in [2.24, 2.45) is 0 Å². The van der Waals surface area contributed by atoms with Gasteiger partial charge in [0.2, 0.25) is 10.0 Å². The fourth-order valence-electron chi connectivity index (χ4n) is 1.81. The van der Waals surface area contributed by atoms with Crippen LogP contribution < -0.4 is 0 Å². The molecule has 0 N–H and O–H groups in total. The number of halogens is 2. The first-order chi connectivity index (χ1) is 9.95. The summed E-state index contributed by atoms with van der Waals surface area (Å²) in [5.41, 5.74) is 1.51. The number of aromatic nitrogens is 1. The molecule has 2 rings (SSSR count). The third kappa shape index (κ3) is 3.74. The highest BCUT2D eigenvalue weighted by Crippen LogP contribution is 2.24. The number of pyridine rings is 1. The Morgan fingerprint density at radius 1 is 1.29 bits per heavy atom. The molecule has 0 aliphatic heterocycles. The van der Waals surface area contributed by atoms with Gasteiger partial charge in [0.15, 0.2) is 0 Å². The van der Waals surface area contributed by atoms with Crippen LogP contribution in [0.25, 0.3) is 0 Å². The van der Waals surface area contributed by atoms with Crippen molar-refractivity contribution in [2.45, 2.75) is 17.3 Å². The third-order valence-corrected chi connectivity index (χ3v) is 5.44. The van der Waals surface area contributed by atoms with Crippen LogP contribution >= 0.6 is 23.2 Å². The van der Waals surface area contributed by atoms with E-state index in [1.807, 2.05) is 6.07 Å². The van der Waals surface area contributed by atoms with Crippen LogP contribution in [0.2, 0.25) is 5.02 Å². The molecule has 7 heteroatoms. The van der Waals surface area contributed by atoms with Gasteiger partial charge >= 0.3 is 0 Å². The Kier molecular flexibility index (Phi) is 5.22. The van der Waals surface area contributed by atoms with E-state index in [0.717, 1.165) is 5.56 Å². The third-order valence-electron chi connectivity index (χ3n) is 3.00. The second-order valence-electron chi connectivity index (χ2n) is 4.51. The predicted octanol–water partition coefficient (Wildman–Crippen LogP) is 3.29. The van der Waals surface area contributed by atoms with Crippen LogP contribution in [-0.4, -0.2) is 24.8 Å². The van der Waals surface area contributed by atoms with Crippen molar-refractivity contribution in [3.8, 4) is 0 Å². The molecule has 0 fully saturated rings. The number of benzene rings is 1. The van der Waals surface area contributed by atoms with Crippen molar-refractivity contribution >= 4 is 33.2 Å². The molecule has 0 saturated heterocycles. The Bertz CT molecular complexity index is 721. The van der Waals surface area contributed by atoms with Gasteiger partial charge in [-0.3, -0.25) is 4.98 Å². The molecule has 1 aromatic carbocycles. The van der Waals surface area contributed by atoms with E-state index in [4.69, 9.17) is 23.2 Å². The summed E-state index contributed by atoms with van der Waals surface area (Å²) < 4.78 is 26.3. The average molecular weight is 345 g/mol. The van der Waals surface area contributed by atoms with Crippen LogP contribution in [-0.2, 0) is 22.4 Å². The van der Waals surface area contributed by atoms with Crippen LogP contribution in [0.4, 0.5) is 0 Å². The van der Waals surface area contributed by atoms with Crippen LogP contribution in [0.15, 0.2) is 47.6 Å². The lowest BCUT2D eigenvalue weighted by Gasteiger charge is -2.17. The fourth-order valence-corrected chi connectivity index (χ4v) is 3.61. The highest BCUT2D eigenvalue weighted by atomic mass is 35.5. The van der Waals surface area contributed by atoms with E-state index in [1.165, 1.54) is 23.5 Å². The molecule has 0 saturated carbocycles. The smallest absolute Gasteiger partial charge is 0.243 e. The molecule has 0 radical (unpaired) electrons. The van der Waals surface area contributed by atoms with Gasteiger partial charge in [-0.1, -0.05) is 23.7 Å². The Labute approximate surface area is 134 Å². The van der Waals surface area contributed by atoms with Crippen LogP contribution in [0.5, 0.6) is 0 Å². The molecule has 0 unspecified atom stereocenters. The summed E-state index contributed by atoms with van der Waals surface area (Å²) in [7, 11) is -2.09. The summed E-state index contributed by atoms with van der Waals surface area (Å²) in [5, 5.41) is 0.348. The van der Waals surface area contributed by atoms with E-state index < -0.39 is 10.0 Å². The normalized spacial score (nSPS) is 11.8. The maximum Gasteiger partial charge on any atom is 0.243 e. The number of sulfonamides is 1. The molecule has 4 nitrogen and oxygen atoms in total. The minimum atomic E-state index is -3.61. The predicted molar refractivity (Wildman–Crippen MR) is 83.9 cm³/mol.